The molecule has 0 radical (unpaired) electrons. The minimum Gasteiger partial charge on any atom is -0.354 e. The molecule has 4 N–H and O–H groups in total. The first kappa shape index (κ1) is 16.3. The summed E-state index contributed by atoms with van der Waals surface area (Å²) in [6, 6.07) is 0. The fraction of sp³-hybridized carbons (Fsp3) is 0.900. The smallest absolute Gasteiger partial charge is 0.220 e. The Morgan fingerprint density at radius 2 is 1.88 bits per heavy atom. The Morgan fingerprint density at radius 3 is 2.35 bits per heavy atom. The van der Waals surface area contributed by atoms with Crippen molar-refractivity contribution in [3.8, 4) is 0 Å². The first-order chi connectivity index (χ1) is 7.66. The van der Waals surface area contributed by atoms with Crippen LogP contribution in [0.15, 0.2) is 0 Å². The number of carbonyl (C=O) groups is 1. The summed E-state index contributed by atoms with van der Waals surface area (Å²) in [6.07, 6.45) is 3.09. The van der Waals surface area contributed by atoms with Crippen LogP contribution < -0.4 is 15.8 Å². The van der Waals surface area contributed by atoms with Crippen LogP contribution in [-0.4, -0.2) is 39.2 Å². The van der Waals surface area contributed by atoms with E-state index in [1.54, 1.807) is 13.8 Å². The molecule has 0 spiro atoms. The fourth-order valence-corrected chi connectivity index (χ4v) is 2.45. The summed E-state index contributed by atoms with van der Waals surface area (Å²) in [5.74, 6) is -0.0816. The topological polar surface area (TPSA) is 101 Å². The number of unbranched alkanes of at least 4 members (excludes halogenated alkanes) is 1. The third-order valence-corrected chi connectivity index (χ3v) is 2.97. The molecule has 0 saturated heterocycles. The van der Waals surface area contributed by atoms with Crippen molar-refractivity contribution in [1.29, 1.82) is 0 Å². The molecule has 0 aliphatic carbocycles. The van der Waals surface area contributed by atoms with Crippen LogP contribution in [0.25, 0.3) is 0 Å². The average Bonchev–Trinajstić information content (AvgIpc) is 2.12. The molecule has 0 fully saturated rings. The minimum atomic E-state index is -3.27. The van der Waals surface area contributed by atoms with Crippen molar-refractivity contribution in [2.24, 2.45) is 5.73 Å². The Balaban J connectivity index is 3.97. The van der Waals surface area contributed by atoms with Gasteiger partial charge in [-0.1, -0.05) is 0 Å². The van der Waals surface area contributed by atoms with Crippen molar-refractivity contribution in [2.75, 3.05) is 19.3 Å². The summed E-state index contributed by atoms with van der Waals surface area (Å²) in [5.41, 5.74) is 4.64. The lowest BCUT2D eigenvalue weighted by Gasteiger charge is -2.25. The first-order valence-electron chi connectivity index (χ1n) is 5.62. The summed E-state index contributed by atoms with van der Waals surface area (Å²) < 4.78 is 24.6. The highest BCUT2D eigenvalue weighted by Gasteiger charge is 2.22. The second-order valence-electron chi connectivity index (χ2n) is 4.78. The normalized spacial score (nSPS) is 12.5. The van der Waals surface area contributed by atoms with E-state index in [0.717, 1.165) is 19.1 Å². The van der Waals surface area contributed by atoms with E-state index in [4.69, 9.17) is 5.73 Å². The van der Waals surface area contributed by atoms with E-state index in [2.05, 4.69) is 10.0 Å². The zero-order chi connectivity index (χ0) is 13.5. The van der Waals surface area contributed by atoms with Crippen LogP contribution in [-0.2, 0) is 14.8 Å². The van der Waals surface area contributed by atoms with Gasteiger partial charge in [0.05, 0.1) is 6.26 Å². The van der Waals surface area contributed by atoms with Gasteiger partial charge in [-0.05, 0) is 33.2 Å². The van der Waals surface area contributed by atoms with E-state index in [1.807, 2.05) is 0 Å². The summed E-state index contributed by atoms with van der Waals surface area (Å²) in [4.78, 5) is 11.4. The molecule has 0 aromatic heterocycles. The monoisotopic (exact) mass is 265 g/mol. The summed E-state index contributed by atoms with van der Waals surface area (Å²) in [7, 11) is -3.27. The third-order valence-electron chi connectivity index (χ3n) is 2.05. The first-order valence-corrected chi connectivity index (χ1v) is 7.51. The number of sulfonamides is 1. The second-order valence-corrected chi connectivity index (χ2v) is 6.53. The van der Waals surface area contributed by atoms with Crippen LogP contribution in [0, 0.1) is 0 Å². The van der Waals surface area contributed by atoms with Gasteiger partial charge >= 0.3 is 0 Å². The summed E-state index contributed by atoms with van der Waals surface area (Å²) in [6.45, 7) is 4.28. The Kier molecular flexibility index (Phi) is 6.66. The fourth-order valence-electron chi connectivity index (χ4n) is 1.38. The van der Waals surface area contributed by atoms with Gasteiger partial charge in [0.1, 0.15) is 0 Å². The van der Waals surface area contributed by atoms with Gasteiger partial charge < -0.3 is 11.1 Å². The van der Waals surface area contributed by atoms with E-state index in [-0.39, 0.29) is 12.5 Å². The van der Waals surface area contributed by atoms with Crippen molar-refractivity contribution < 1.29 is 13.2 Å². The van der Waals surface area contributed by atoms with Gasteiger partial charge in [-0.15, -0.1) is 0 Å². The molecule has 0 unspecified atom stereocenters. The number of rotatable bonds is 8. The van der Waals surface area contributed by atoms with Gasteiger partial charge in [0.15, 0.2) is 0 Å². The molecule has 102 valence electrons. The molecule has 0 aliphatic heterocycles. The molecule has 0 atom stereocenters. The molecule has 6 nitrogen and oxygen atoms in total. The van der Waals surface area contributed by atoms with Crippen LogP contribution in [0.2, 0.25) is 0 Å². The van der Waals surface area contributed by atoms with Gasteiger partial charge in [0, 0.05) is 18.5 Å². The molecule has 0 saturated carbocycles. The quantitative estimate of drug-likeness (QED) is 0.518. The summed E-state index contributed by atoms with van der Waals surface area (Å²) >= 11 is 0. The maximum absolute atomic E-state index is 11.4. The van der Waals surface area contributed by atoms with Crippen molar-refractivity contribution in [1.82, 2.24) is 10.0 Å². The molecule has 0 aliphatic rings. The number of hydrogen-bond donors (Lipinski definition) is 3. The Hall–Kier alpha value is -0.660. The lowest BCUT2D eigenvalue weighted by atomic mass is 10.1. The standard InChI is InChI=1S/C10H23N3O3S/c1-10(2,13-17(3,15)16)8-12-9(14)6-4-5-7-11/h13H,4-8,11H2,1-3H3,(H,12,14). The molecule has 0 heterocycles. The Labute approximate surface area is 103 Å². The average molecular weight is 265 g/mol. The Morgan fingerprint density at radius 1 is 1.29 bits per heavy atom. The van der Waals surface area contributed by atoms with E-state index in [0.29, 0.717) is 13.0 Å². The molecule has 0 aromatic carbocycles. The maximum Gasteiger partial charge on any atom is 0.220 e. The van der Waals surface area contributed by atoms with Crippen LogP contribution in [0.4, 0.5) is 0 Å². The number of nitrogens with one attached hydrogen (secondary N) is 2. The molecular formula is C10H23N3O3S. The molecule has 0 rings (SSSR count). The van der Waals surface area contributed by atoms with Crippen molar-refractivity contribution in [3.63, 3.8) is 0 Å². The summed E-state index contributed by atoms with van der Waals surface area (Å²) in [5, 5.41) is 2.70. The van der Waals surface area contributed by atoms with Gasteiger partial charge in [-0.25, -0.2) is 13.1 Å². The Bertz CT molecular complexity index is 339. The predicted octanol–water partition coefficient (Wildman–Crippen LogP) is -0.441. The minimum absolute atomic E-state index is 0.0816. The van der Waals surface area contributed by atoms with Crippen LogP contribution >= 0.6 is 0 Å². The number of nitrogens with two attached hydrogens (primary N) is 1. The molecule has 0 aromatic rings. The van der Waals surface area contributed by atoms with Crippen LogP contribution in [0.5, 0.6) is 0 Å². The maximum atomic E-state index is 11.4. The predicted molar refractivity (Wildman–Crippen MR) is 68.0 cm³/mol. The van der Waals surface area contributed by atoms with E-state index in [9.17, 15) is 13.2 Å². The van der Waals surface area contributed by atoms with E-state index < -0.39 is 15.6 Å². The third kappa shape index (κ3) is 10.2. The highest BCUT2D eigenvalue weighted by molar-refractivity contribution is 7.88. The SMILES string of the molecule is CC(C)(CNC(=O)CCCCN)NS(C)(=O)=O. The lowest BCUT2D eigenvalue weighted by molar-refractivity contribution is -0.121. The highest BCUT2D eigenvalue weighted by atomic mass is 32.2. The second kappa shape index (κ2) is 6.93. The molecule has 0 bridgehead atoms. The highest BCUT2D eigenvalue weighted by Crippen LogP contribution is 2.02. The van der Waals surface area contributed by atoms with Gasteiger partial charge in [0.25, 0.3) is 0 Å². The van der Waals surface area contributed by atoms with Gasteiger partial charge in [0.2, 0.25) is 15.9 Å². The number of hydrogen-bond acceptors (Lipinski definition) is 4. The van der Waals surface area contributed by atoms with Crippen molar-refractivity contribution in [3.05, 3.63) is 0 Å². The zero-order valence-corrected chi connectivity index (χ0v) is 11.6. The zero-order valence-electron chi connectivity index (χ0n) is 10.7. The van der Waals surface area contributed by atoms with Crippen LogP contribution in [0.3, 0.4) is 0 Å². The number of amides is 1. The molecular weight excluding hydrogens is 242 g/mol. The van der Waals surface area contributed by atoms with E-state index in [1.165, 1.54) is 0 Å². The molecule has 7 heteroatoms. The van der Waals surface area contributed by atoms with Crippen molar-refractivity contribution in [2.45, 2.75) is 38.6 Å². The lowest BCUT2D eigenvalue weighted by Crippen LogP contribution is -2.50. The molecule has 1 amide bonds. The van der Waals surface area contributed by atoms with Crippen molar-refractivity contribution >= 4 is 15.9 Å². The largest absolute Gasteiger partial charge is 0.354 e. The van der Waals surface area contributed by atoms with E-state index >= 15 is 0 Å². The van der Waals surface area contributed by atoms with Gasteiger partial charge in [-0.2, -0.15) is 0 Å². The number of carbonyl (C=O) groups excluding carboxylic acids is 1. The molecule has 17 heavy (non-hydrogen) atoms. The van der Waals surface area contributed by atoms with Crippen LogP contribution in [0.1, 0.15) is 33.1 Å². The van der Waals surface area contributed by atoms with Gasteiger partial charge in [-0.3, -0.25) is 4.79 Å².